The van der Waals surface area contributed by atoms with Crippen molar-refractivity contribution in [3.63, 3.8) is 0 Å². The largest absolute Gasteiger partial charge is 0.573 e. The predicted octanol–water partition coefficient (Wildman–Crippen LogP) is 0.713. The molecule has 13 heteroatoms. The van der Waals surface area contributed by atoms with E-state index >= 15 is 0 Å². The highest BCUT2D eigenvalue weighted by molar-refractivity contribution is 7.22. The molecule has 1 atom stereocenters. The summed E-state index contributed by atoms with van der Waals surface area (Å²) < 4.78 is 41.0. The van der Waals surface area contributed by atoms with Gasteiger partial charge >= 0.3 is 6.36 Å². The molecule has 0 aliphatic rings. The molecule has 0 fully saturated rings. The van der Waals surface area contributed by atoms with Crippen molar-refractivity contribution in [2.45, 2.75) is 19.3 Å². The van der Waals surface area contributed by atoms with Crippen molar-refractivity contribution in [1.82, 2.24) is 15.6 Å². The molecule has 0 saturated carbocycles. The van der Waals surface area contributed by atoms with Crippen LogP contribution in [0.15, 0.2) is 18.2 Å². The van der Waals surface area contributed by atoms with Crippen molar-refractivity contribution in [3.05, 3.63) is 18.2 Å². The van der Waals surface area contributed by atoms with Crippen molar-refractivity contribution in [2.24, 2.45) is 5.73 Å². The van der Waals surface area contributed by atoms with E-state index in [4.69, 9.17) is 5.73 Å². The minimum atomic E-state index is -4.81. The molecule has 0 aliphatic carbocycles. The Bertz CT molecular complexity index is 886. The van der Waals surface area contributed by atoms with Crippen LogP contribution in [0, 0.1) is 0 Å². The minimum Gasteiger partial charge on any atom is -0.406 e. The van der Waals surface area contributed by atoms with Crippen LogP contribution in [0.3, 0.4) is 0 Å². The molecule has 5 N–H and O–H groups in total. The average molecular weight is 419 g/mol. The number of aromatic nitrogens is 1. The number of benzene rings is 1. The number of carbonyl (C=O) groups is 3. The van der Waals surface area contributed by atoms with Gasteiger partial charge in [0, 0.05) is 6.07 Å². The Morgan fingerprint density at radius 1 is 1.29 bits per heavy atom. The molecular weight excluding hydrogens is 403 g/mol. The number of alkyl halides is 3. The van der Waals surface area contributed by atoms with Gasteiger partial charge in [0.05, 0.1) is 23.3 Å². The first kappa shape index (κ1) is 21.4. The lowest BCUT2D eigenvalue weighted by Crippen LogP contribution is -2.46. The quantitative estimate of drug-likeness (QED) is 0.522. The minimum absolute atomic E-state index is 0.140. The van der Waals surface area contributed by atoms with Crippen molar-refractivity contribution in [3.8, 4) is 5.75 Å². The predicted molar refractivity (Wildman–Crippen MR) is 94.6 cm³/mol. The van der Waals surface area contributed by atoms with E-state index in [9.17, 15) is 27.6 Å². The normalized spacial score (nSPS) is 12.3. The zero-order valence-electron chi connectivity index (χ0n) is 14.4. The number of amides is 3. The molecule has 0 radical (unpaired) electrons. The third kappa shape index (κ3) is 6.35. The number of hydrogen-bond donors (Lipinski definition) is 4. The van der Waals surface area contributed by atoms with Crippen LogP contribution in [0.25, 0.3) is 10.2 Å². The number of rotatable bonds is 7. The van der Waals surface area contributed by atoms with E-state index in [0.29, 0.717) is 10.2 Å². The molecular formula is C15H16F3N5O4S. The molecule has 1 heterocycles. The first-order chi connectivity index (χ1) is 13.1. The van der Waals surface area contributed by atoms with Crippen LogP contribution in [0.4, 0.5) is 18.3 Å². The molecule has 0 bridgehead atoms. The Balaban J connectivity index is 1.96. The summed E-state index contributed by atoms with van der Waals surface area (Å²) in [6.07, 6.45) is -4.81. The lowest BCUT2D eigenvalue weighted by molar-refractivity contribution is -0.274. The molecule has 0 aliphatic heterocycles. The second kappa shape index (κ2) is 8.84. The summed E-state index contributed by atoms with van der Waals surface area (Å²) in [4.78, 5) is 38.9. The molecule has 152 valence electrons. The summed E-state index contributed by atoms with van der Waals surface area (Å²) >= 11 is 0.945. The third-order valence-corrected chi connectivity index (χ3v) is 4.16. The van der Waals surface area contributed by atoms with Crippen molar-refractivity contribution in [1.29, 1.82) is 0 Å². The van der Waals surface area contributed by atoms with Gasteiger partial charge in [-0.2, -0.15) is 0 Å². The summed E-state index contributed by atoms with van der Waals surface area (Å²) in [6, 6.07) is 2.65. The van der Waals surface area contributed by atoms with Gasteiger partial charge in [-0.3, -0.25) is 14.4 Å². The SMILES string of the molecule is CC(NC(=O)CNC(=O)CN)C(=O)Nc1nc2ccc(OC(F)(F)F)cc2s1. The van der Waals surface area contributed by atoms with Crippen LogP contribution in [-0.4, -0.2) is 48.2 Å². The Labute approximate surface area is 160 Å². The Morgan fingerprint density at radius 3 is 2.64 bits per heavy atom. The number of nitrogens with zero attached hydrogens (tertiary/aromatic N) is 1. The van der Waals surface area contributed by atoms with Gasteiger partial charge in [0.2, 0.25) is 17.7 Å². The molecule has 9 nitrogen and oxygen atoms in total. The van der Waals surface area contributed by atoms with Crippen LogP contribution >= 0.6 is 11.3 Å². The van der Waals surface area contributed by atoms with Crippen molar-refractivity contribution < 1.29 is 32.3 Å². The maximum atomic E-state index is 12.3. The molecule has 28 heavy (non-hydrogen) atoms. The summed E-state index contributed by atoms with van der Waals surface area (Å²) in [5.74, 6) is -2.11. The fourth-order valence-corrected chi connectivity index (χ4v) is 2.88. The number of anilines is 1. The Morgan fingerprint density at radius 2 is 2.00 bits per heavy atom. The van der Waals surface area contributed by atoms with Gasteiger partial charge in [-0.25, -0.2) is 4.98 Å². The molecule has 1 unspecified atom stereocenters. The molecule has 1 aromatic carbocycles. The lowest BCUT2D eigenvalue weighted by Gasteiger charge is -2.13. The maximum Gasteiger partial charge on any atom is 0.573 e. The summed E-state index contributed by atoms with van der Waals surface area (Å²) in [5.41, 5.74) is 5.46. The molecule has 0 spiro atoms. The van der Waals surface area contributed by atoms with Crippen LogP contribution in [0.2, 0.25) is 0 Å². The first-order valence-corrected chi connectivity index (χ1v) is 8.62. The van der Waals surface area contributed by atoms with Crippen LogP contribution in [-0.2, 0) is 14.4 Å². The average Bonchev–Trinajstić information content (AvgIpc) is 2.99. The standard InChI is InChI=1S/C15H16F3N5O4S/c1-7(21-12(25)6-20-11(24)5-19)13(26)23-14-22-9-3-2-8(4-10(9)28-14)27-15(16,17)18/h2-4,7H,5-6,19H2,1H3,(H,20,24)(H,21,25)(H,22,23,26). The molecule has 0 saturated heterocycles. The summed E-state index contributed by atoms with van der Waals surface area (Å²) in [7, 11) is 0. The van der Waals surface area contributed by atoms with Gasteiger partial charge in [-0.05, 0) is 19.1 Å². The van der Waals surface area contributed by atoms with Crippen LogP contribution in [0.1, 0.15) is 6.92 Å². The monoisotopic (exact) mass is 419 g/mol. The number of hydrogen-bond acceptors (Lipinski definition) is 7. The Hall–Kier alpha value is -2.93. The third-order valence-electron chi connectivity index (χ3n) is 3.23. The van der Waals surface area contributed by atoms with E-state index < -0.39 is 35.9 Å². The molecule has 3 amide bonds. The van der Waals surface area contributed by atoms with E-state index in [1.165, 1.54) is 13.0 Å². The van der Waals surface area contributed by atoms with Gasteiger partial charge in [-0.15, -0.1) is 13.2 Å². The number of carbonyl (C=O) groups excluding carboxylic acids is 3. The van der Waals surface area contributed by atoms with E-state index in [0.717, 1.165) is 23.5 Å². The topological polar surface area (TPSA) is 135 Å². The molecule has 2 rings (SSSR count). The fraction of sp³-hybridized carbons (Fsp3) is 0.333. The van der Waals surface area contributed by atoms with Gasteiger partial charge < -0.3 is 26.4 Å². The summed E-state index contributed by atoms with van der Waals surface area (Å²) in [6.45, 7) is 0.814. The van der Waals surface area contributed by atoms with E-state index in [2.05, 4.69) is 25.7 Å². The highest BCUT2D eigenvalue weighted by atomic mass is 32.1. The fourth-order valence-electron chi connectivity index (χ4n) is 1.98. The van der Waals surface area contributed by atoms with E-state index in [1.54, 1.807) is 0 Å². The highest BCUT2D eigenvalue weighted by Gasteiger charge is 2.31. The second-order valence-electron chi connectivity index (χ2n) is 5.46. The van der Waals surface area contributed by atoms with Gasteiger partial charge in [0.25, 0.3) is 0 Å². The van der Waals surface area contributed by atoms with Gasteiger partial charge in [-0.1, -0.05) is 11.3 Å². The lowest BCUT2D eigenvalue weighted by atomic mass is 10.3. The number of halogens is 3. The molecule has 1 aromatic heterocycles. The van der Waals surface area contributed by atoms with Gasteiger partial charge in [0.1, 0.15) is 11.8 Å². The zero-order valence-corrected chi connectivity index (χ0v) is 15.2. The van der Waals surface area contributed by atoms with Crippen molar-refractivity contribution in [2.75, 3.05) is 18.4 Å². The maximum absolute atomic E-state index is 12.3. The van der Waals surface area contributed by atoms with Crippen LogP contribution in [0.5, 0.6) is 5.75 Å². The second-order valence-corrected chi connectivity index (χ2v) is 6.49. The van der Waals surface area contributed by atoms with Gasteiger partial charge in [0.15, 0.2) is 5.13 Å². The number of ether oxygens (including phenoxy) is 1. The highest BCUT2D eigenvalue weighted by Crippen LogP contribution is 2.31. The first-order valence-electron chi connectivity index (χ1n) is 7.80. The zero-order chi connectivity index (χ0) is 20.9. The number of fused-ring (bicyclic) bond motifs is 1. The van der Waals surface area contributed by atoms with Crippen molar-refractivity contribution >= 4 is 44.4 Å². The van der Waals surface area contributed by atoms with Crippen LogP contribution < -0.4 is 26.4 Å². The molecule has 2 aromatic rings. The number of thiazole rings is 1. The summed E-state index contributed by atoms with van der Waals surface area (Å²) in [5, 5.41) is 7.23. The smallest absolute Gasteiger partial charge is 0.406 e. The van der Waals surface area contributed by atoms with E-state index in [1.807, 2.05) is 0 Å². The number of nitrogens with one attached hydrogen (secondary N) is 3. The Kier molecular flexibility index (Phi) is 6.75. The number of nitrogens with two attached hydrogens (primary N) is 1. The van der Waals surface area contributed by atoms with E-state index in [-0.39, 0.29) is 18.2 Å².